The van der Waals surface area contributed by atoms with Crippen LogP contribution in [0.15, 0.2) is 42.5 Å². The summed E-state index contributed by atoms with van der Waals surface area (Å²) in [6.07, 6.45) is 5.19. The second-order valence-electron chi connectivity index (χ2n) is 6.18. The van der Waals surface area contributed by atoms with Crippen molar-refractivity contribution in [3.05, 3.63) is 48.0 Å². The van der Waals surface area contributed by atoms with Crippen LogP contribution in [0, 0.1) is 0 Å². The smallest absolute Gasteiger partial charge is 0.0473 e. The van der Waals surface area contributed by atoms with Crippen LogP contribution in [0.4, 0.5) is 0 Å². The Labute approximate surface area is 127 Å². The summed E-state index contributed by atoms with van der Waals surface area (Å²) in [7, 11) is 0. The summed E-state index contributed by atoms with van der Waals surface area (Å²) < 4.78 is 0. The van der Waals surface area contributed by atoms with E-state index < -0.39 is 0 Å². The van der Waals surface area contributed by atoms with E-state index in [9.17, 15) is 0 Å². The Morgan fingerprint density at radius 1 is 1.14 bits per heavy atom. The van der Waals surface area contributed by atoms with Crippen molar-refractivity contribution in [3.8, 4) is 0 Å². The van der Waals surface area contributed by atoms with Crippen molar-refractivity contribution in [2.45, 2.75) is 44.7 Å². The zero-order valence-electron chi connectivity index (χ0n) is 13.0. The van der Waals surface area contributed by atoms with Gasteiger partial charge in [0.05, 0.1) is 0 Å². The van der Waals surface area contributed by atoms with Crippen LogP contribution in [0.3, 0.4) is 0 Å². The van der Waals surface area contributed by atoms with Gasteiger partial charge in [-0.15, -0.1) is 0 Å². The Morgan fingerprint density at radius 3 is 2.57 bits per heavy atom. The number of rotatable bonds is 7. The molecule has 0 aliphatic heterocycles. The van der Waals surface area contributed by atoms with Crippen molar-refractivity contribution in [1.29, 1.82) is 0 Å². The fraction of sp³-hybridized carbons (Fsp3) is 0.474. The molecule has 0 radical (unpaired) electrons. The van der Waals surface area contributed by atoms with E-state index in [0.29, 0.717) is 12.6 Å². The molecule has 1 fully saturated rings. The summed E-state index contributed by atoms with van der Waals surface area (Å²) in [4.78, 5) is 2.65. The third kappa shape index (κ3) is 3.28. The van der Waals surface area contributed by atoms with Crippen LogP contribution in [0.5, 0.6) is 0 Å². The minimum Gasteiger partial charge on any atom is -0.329 e. The number of nitrogens with two attached hydrogens (primary N) is 1. The molecule has 1 aliphatic rings. The lowest BCUT2D eigenvalue weighted by Gasteiger charge is -2.31. The van der Waals surface area contributed by atoms with Gasteiger partial charge in [-0.25, -0.2) is 0 Å². The first-order valence-corrected chi connectivity index (χ1v) is 8.28. The quantitative estimate of drug-likeness (QED) is 0.828. The Bertz CT molecular complexity index is 589. The summed E-state index contributed by atoms with van der Waals surface area (Å²) >= 11 is 0. The van der Waals surface area contributed by atoms with Crippen molar-refractivity contribution < 1.29 is 0 Å². The average Bonchev–Trinajstić information content (AvgIpc) is 3.36. The second-order valence-corrected chi connectivity index (χ2v) is 6.18. The molecule has 1 aliphatic carbocycles. The van der Waals surface area contributed by atoms with E-state index in [1.54, 1.807) is 0 Å². The fourth-order valence-corrected chi connectivity index (χ4v) is 3.22. The number of hydrogen-bond donors (Lipinski definition) is 1. The highest BCUT2D eigenvalue weighted by Crippen LogP contribution is 2.35. The van der Waals surface area contributed by atoms with E-state index in [1.807, 2.05) is 0 Å². The van der Waals surface area contributed by atoms with E-state index in [4.69, 9.17) is 5.73 Å². The van der Waals surface area contributed by atoms with E-state index in [1.165, 1.54) is 48.6 Å². The van der Waals surface area contributed by atoms with Gasteiger partial charge in [-0.05, 0) is 48.2 Å². The number of fused-ring (bicyclic) bond motifs is 1. The molecular weight excluding hydrogens is 256 g/mol. The van der Waals surface area contributed by atoms with Gasteiger partial charge in [0.2, 0.25) is 0 Å². The molecule has 2 nitrogen and oxygen atoms in total. The highest BCUT2D eigenvalue weighted by Gasteiger charge is 2.33. The topological polar surface area (TPSA) is 29.3 Å². The summed E-state index contributed by atoms with van der Waals surface area (Å²) in [5.74, 6) is 0. The van der Waals surface area contributed by atoms with Crippen LogP contribution < -0.4 is 5.73 Å². The normalized spacial score (nSPS) is 16.5. The molecule has 2 aromatic rings. The van der Waals surface area contributed by atoms with Crippen molar-refractivity contribution in [2.24, 2.45) is 5.73 Å². The standard InChI is InChI=1S/C19H26N2/c1-2-3-12-21(18-10-11-18)19(14-20)17-9-8-15-6-4-5-7-16(15)13-17/h4-9,13,18-19H,2-3,10-12,14,20H2,1H3. The van der Waals surface area contributed by atoms with Gasteiger partial charge in [0.15, 0.2) is 0 Å². The van der Waals surface area contributed by atoms with Gasteiger partial charge in [-0.2, -0.15) is 0 Å². The van der Waals surface area contributed by atoms with Gasteiger partial charge in [0.25, 0.3) is 0 Å². The third-order valence-corrected chi connectivity index (χ3v) is 4.57. The monoisotopic (exact) mass is 282 g/mol. The Hall–Kier alpha value is -1.38. The SMILES string of the molecule is CCCCN(C1CC1)C(CN)c1ccc2ccccc2c1. The molecule has 1 unspecified atom stereocenters. The van der Waals surface area contributed by atoms with Crippen molar-refractivity contribution in [1.82, 2.24) is 4.90 Å². The lowest BCUT2D eigenvalue weighted by atomic mass is 10.00. The molecule has 0 amide bonds. The molecule has 21 heavy (non-hydrogen) atoms. The third-order valence-electron chi connectivity index (χ3n) is 4.57. The van der Waals surface area contributed by atoms with Gasteiger partial charge >= 0.3 is 0 Å². The second kappa shape index (κ2) is 6.59. The molecule has 2 aromatic carbocycles. The molecule has 0 saturated heterocycles. The van der Waals surface area contributed by atoms with Crippen LogP contribution in [0.2, 0.25) is 0 Å². The zero-order chi connectivity index (χ0) is 14.7. The maximum Gasteiger partial charge on any atom is 0.0473 e. The predicted molar refractivity (Wildman–Crippen MR) is 90.4 cm³/mol. The van der Waals surface area contributed by atoms with E-state index >= 15 is 0 Å². The Morgan fingerprint density at radius 2 is 1.90 bits per heavy atom. The van der Waals surface area contributed by atoms with Gasteiger partial charge in [0.1, 0.15) is 0 Å². The molecule has 3 rings (SSSR count). The molecule has 0 heterocycles. The minimum atomic E-state index is 0.369. The highest BCUT2D eigenvalue weighted by atomic mass is 15.2. The molecule has 2 N–H and O–H groups in total. The van der Waals surface area contributed by atoms with Gasteiger partial charge in [-0.1, -0.05) is 49.7 Å². The first kappa shape index (κ1) is 14.6. The molecule has 1 saturated carbocycles. The Balaban J connectivity index is 1.88. The molecule has 0 bridgehead atoms. The number of nitrogens with zero attached hydrogens (tertiary/aromatic N) is 1. The summed E-state index contributed by atoms with van der Waals surface area (Å²) in [6, 6.07) is 16.5. The largest absolute Gasteiger partial charge is 0.329 e. The molecule has 0 spiro atoms. The fourth-order valence-electron chi connectivity index (χ4n) is 3.22. The molecule has 1 atom stereocenters. The first-order chi connectivity index (χ1) is 10.3. The van der Waals surface area contributed by atoms with Crippen LogP contribution in [0.25, 0.3) is 10.8 Å². The predicted octanol–water partition coefficient (Wildman–Crippen LogP) is 4.10. The van der Waals surface area contributed by atoms with Crippen LogP contribution in [0.1, 0.15) is 44.2 Å². The molecule has 0 aromatic heterocycles. The minimum absolute atomic E-state index is 0.369. The summed E-state index contributed by atoms with van der Waals surface area (Å²) in [5.41, 5.74) is 7.52. The maximum absolute atomic E-state index is 6.15. The summed E-state index contributed by atoms with van der Waals surface area (Å²) in [6.45, 7) is 4.15. The first-order valence-electron chi connectivity index (χ1n) is 8.28. The number of unbranched alkanes of at least 4 members (excludes halogenated alkanes) is 1. The molecule has 112 valence electrons. The summed E-state index contributed by atoms with van der Waals surface area (Å²) in [5, 5.41) is 2.63. The van der Waals surface area contributed by atoms with Crippen LogP contribution in [-0.2, 0) is 0 Å². The highest BCUT2D eigenvalue weighted by molar-refractivity contribution is 5.83. The molecular formula is C19H26N2. The van der Waals surface area contributed by atoms with Crippen molar-refractivity contribution in [2.75, 3.05) is 13.1 Å². The lowest BCUT2D eigenvalue weighted by molar-refractivity contribution is 0.188. The average molecular weight is 282 g/mol. The van der Waals surface area contributed by atoms with Crippen LogP contribution in [-0.4, -0.2) is 24.0 Å². The Kier molecular flexibility index (Phi) is 4.57. The van der Waals surface area contributed by atoms with Crippen molar-refractivity contribution >= 4 is 10.8 Å². The number of benzene rings is 2. The zero-order valence-corrected chi connectivity index (χ0v) is 13.0. The van der Waals surface area contributed by atoms with E-state index in [-0.39, 0.29) is 0 Å². The van der Waals surface area contributed by atoms with Gasteiger partial charge in [0, 0.05) is 18.6 Å². The molecule has 2 heteroatoms. The van der Waals surface area contributed by atoms with Gasteiger partial charge < -0.3 is 5.73 Å². The van der Waals surface area contributed by atoms with E-state index in [0.717, 1.165) is 6.04 Å². The maximum atomic E-state index is 6.15. The van der Waals surface area contributed by atoms with E-state index in [2.05, 4.69) is 54.3 Å². The van der Waals surface area contributed by atoms with Gasteiger partial charge in [-0.3, -0.25) is 4.90 Å². The van der Waals surface area contributed by atoms with Crippen LogP contribution >= 0.6 is 0 Å². The lowest BCUT2D eigenvalue weighted by Crippen LogP contribution is -2.36. The number of hydrogen-bond acceptors (Lipinski definition) is 2. The van der Waals surface area contributed by atoms with Crippen molar-refractivity contribution in [3.63, 3.8) is 0 Å².